The molecule has 3 rings (SSSR count). The zero-order valence-electron chi connectivity index (χ0n) is 19.0. The van der Waals surface area contributed by atoms with E-state index in [0.29, 0.717) is 29.5 Å². The van der Waals surface area contributed by atoms with E-state index in [9.17, 15) is 24.0 Å². The van der Waals surface area contributed by atoms with Crippen molar-refractivity contribution in [2.24, 2.45) is 0 Å². The second-order valence-corrected chi connectivity index (χ2v) is 8.80. The minimum Gasteiger partial charge on any atom is -0.482 e. The number of aliphatic carboxylic acids is 1. The Bertz CT molecular complexity index is 1230. The van der Waals surface area contributed by atoms with Crippen LogP contribution in [0.3, 0.4) is 0 Å². The molecular weight excluding hydrogens is 512 g/mol. The number of carbonyl (C=O) groups is 5. The Morgan fingerprint density at radius 3 is 2.53 bits per heavy atom. The van der Waals surface area contributed by atoms with Gasteiger partial charge in [0.05, 0.1) is 22.1 Å². The van der Waals surface area contributed by atoms with Gasteiger partial charge < -0.3 is 19.9 Å². The number of thioether (sulfide) groups is 1. The molecule has 0 bridgehead atoms. The fraction of sp³-hybridized carbons (Fsp3) is 0.208. The Labute approximate surface area is 215 Å². The fourth-order valence-electron chi connectivity index (χ4n) is 2.97. The summed E-state index contributed by atoms with van der Waals surface area (Å²) in [5, 5.41) is 10.7. The summed E-state index contributed by atoms with van der Waals surface area (Å²) in [5.74, 6) is -2.68. The molecule has 0 saturated carbocycles. The first-order chi connectivity index (χ1) is 17.2. The molecule has 2 N–H and O–H groups in total. The predicted molar refractivity (Wildman–Crippen MR) is 133 cm³/mol. The molecule has 10 nitrogen and oxygen atoms in total. The van der Waals surface area contributed by atoms with Crippen LogP contribution in [0.25, 0.3) is 6.08 Å². The van der Waals surface area contributed by atoms with E-state index in [1.165, 1.54) is 36.4 Å². The second kappa shape index (κ2) is 12.2. The number of halogens is 1. The molecule has 1 aliphatic rings. The lowest BCUT2D eigenvalue weighted by atomic mass is 10.2. The molecule has 12 heteroatoms. The van der Waals surface area contributed by atoms with Gasteiger partial charge in [-0.3, -0.25) is 19.3 Å². The van der Waals surface area contributed by atoms with Gasteiger partial charge in [0.1, 0.15) is 12.3 Å². The molecule has 1 aliphatic heterocycles. The molecule has 1 heterocycles. The molecule has 3 amide bonds. The number of carbonyl (C=O) groups excluding carboxylic acids is 4. The predicted octanol–water partition coefficient (Wildman–Crippen LogP) is 4.05. The molecular formula is C24H21ClN2O8S. The molecule has 0 aliphatic carbocycles. The monoisotopic (exact) mass is 532 g/mol. The van der Waals surface area contributed by atoms with Crippen LogP contribution in [-0.4, -0.2) is 58.8 Å². The van der Waals surface area contributed by atoms with Crippen molar-refractivity contribution in [2.75, 3.05) is 25.1 Å². The summed E-state index contributed by atoms with van der Waals surface area (Å²) < 4.78 is 10.1. The van der Waals surface area contributed by atoms with E-state index in [-0.39, 0.29) is 27.8 Å². The Balaban J connectivity index is 1.63. The van der Waals surface area contributed by atoms with Gasteiger partial charge in [-0.05, 0) is 60.2 Å². The number of carboxylic acid groups (broad SMARTS) is 1. The number of imide groups is 1. The number of esters is 1. The van der Waals surface area contributed by atoms with Crippen molar-refractivity contribution in [1.82, 2.24) is 4.90 Å². The van der Waals surface area contributed by atoms with Crippen LogP contribution in [0.2, 0.25) is 5.02 Å². The Hall–Kier alpha value is -3.83. The van der Waals surface area contributed by atoms with Crippen LogP contribution in [0.1, 0.15) is 29.3 Å². The number of nitrogens with zero attached hydrogens (tertiary/aromatic N) is 1. The van der Waals surface area contributed by atoms with Crippen molar-refractivity contribution in [2.45, 2.75) is 13.3 Å². The topological polar surface area (TPSA) is 139 Å². The van der Waals surface area contributed by atoms with E-state index in [1.807, 2.05) is 6.92 Å². The van der Waals surface area contributed by atoms with Crippen LogP contribution in [-0.2, 0) is 19.1 Å². The largest absolute Gasteiger partial charge is 0.482 e. The SMILES string of the molecule is CCCOC(=O)c1cc(NC(=O)CN2C(=O)S/C(=C/c3ccc(OCC(=O)O)cc3)C2=O)ccc1Cl. The highest BCUT2D eigenvalue weighted by molar-refractivity contribution is 8.18. The van der Waals surface area contributed by atoms with E-state index < -0.39 is 42.1 Å². The number of hydrogen-bond acceptors (Lipinski definition) is 8. The number of nitrogens with one attached hydrogen (secondary N) is 1. The lowest BCUT2D eigenvalue weighted by Gasteiger charge is -2.13. The van der Waals surface area contributed by atoms with Gasteiger partial charge in [-0.2, -0.15) is 0 Å². The second-order valence-electron chi connectivity index (χ2n) is 7.40. The number of carboxylic acids is 1. The van der Waals surface area contributed by atoms with Crippen LogP contribution < -0.4 is 10.1 Å². The number of hydrogen-bond donors (Lipinski definition) is 2. The van der Waals surface area contributed by atoms with E-state index in [0.717, 1.165) is 4.90 Å². The average Bonchev–Trinajstić information content (AvgIpc) is 3.10. The number of ether oxygens (including phenoxy) is 2. The van der Waals surface area contributed by atoms with Crippen molar-refractivity contribution < 1.29 is 38.6 Å². The molecule has 1 saturated heterocycles. The maximum absolute atomic E-state index is 12.7. The molecule has 188 valence electrons. The molecule has 0 atom stereocenters. The molecule has 2 aromatic carbocycles. The van der Waals surface area contributed by atoms with E-state index in [1.54, 1.807) is 12.1 Å². The van der Waals surface area contributed by atoms with Gasteiger partial charge in [0.15, 0.2) is 6.61 Å². The lowest BCUT2D eigenvalue weighted by molar-refractivity contribution is -0.139. The number of benzene rings is 2. The summed E-state index contributed by atoms with van der Waals surface area (Å²) in [6.45, 7) is 1.06. The molecule has 0 unspecified atom stereocenters. The lowest BCUT2D eigenvalue weighted by Crippen LogP contribution is -2.36. The summed E-state index contributed by atoms with van der Waals surface area (Å²) in [7, 11) is 0. The third kappa shape index (κ3) is 7.09. The van der Waals surface area contributed by atoms with Gasteiger partial charge in [-0.15, -0.1) is 0 Å². The summed E-state index contributed by atoms with van der Waals surface area (Å²) in [5.41, 5.74) is 0.910. The minimum absolute atomic E-state index is 0.0800. The molecule has 2 aromatic rings. The van der Waals surface area contributed by atoms with Crippen LogP contribution >= 0.6 is 23.4 Å². The van der Waals surface area contributed by atoms with E-state index in [2.05, 4.69) is 5.32 Å². The van der Waals surface area contributed by atoms with Gasteiger partial charge in [0.2, 0.25) is 5.91 Å². The summed E-state index contributed by atoms with van der Waals surface area (Å²) in [6.07, 6.45) is 2.12. The Kier molecular flexibility index (Phi) is 9.09. The summed E-state index contributed by atoms with van der Waals surface area (Å²) in [6, 6.07) is 10.5. The number of amides is 3. The van der Waals surface area contributed by atoms with Crippen LogP contribution in [0.15, 0.2) is 47.4 Å². The maximum Gasteiger partial charge on any atom is 0.341 e. The zero-order chi connectivity index (χ0) is 26.2. The highest BCUT2D eigenvalue weighted by atomic mass is 35.5. The third-order valence-corrected chi connectivity index (χ3v) is 5.86. The Morgan fingerprint density at radius 1 is 1.14 bits per heavy atom. The zero-order valence-corrected chi connectivity index (χ0v) is 20.6. The van der Waals surface area contributed by atoms with Crippen LogP contribution in [0.4, 0.5) is 10.5 Å². The average molecular weight is 533 g/mol. The van der Waals surface area contributed by atoms with Crippen LogP contribution in [0, 0.1) is 0 Å². The van der Waals surface area contributed by atoms with Crippen molar-refractivity contribution in [3.8, 4) is 5.75 Å². The van der Waals surface area contributed by atoms with Crippen molar-refractivity contribution in [3.05, 3.63) is 63.5 Å². The van der Waals surface area contributed by atoms with Gasteiger partial charge in [0.25, 0.3) is 11.1 Å². The van der Waals surface area contributed by atoms with E-state index in [4.69, 9.17) is 26.2 Å². The quantitative estimate of drug-likeness (QED) is 0.342. The highest BCUT2D eigenvalue weighted by Gasteiger charge is 2.36. The first-order valence-electron chi connectivity index (χ1n) is 10.6. The fourth-order valence-corrected chi connectivity index (χ4v) is 4.00. The van der Waals surface area contributed by atoms with Crippen molar-refractivity contribution in [3.63, 3.8) is 0 Å². The number of rotatable bonds is 10. The smallest absolute Gasteiger partial charge is 0.341 e. The highest BCUT2D eigenvalue weighted by Crippen LogP contribution is 2.32. The van der Waals surface area contributed by atoms with Crippen molar-refractivity contribution in [1.29, 1.82) is 0 Å². The summed E-state index contributed by atoms with van der Waals surface area (Å²) >= 11 is 6.74. The van der Waals surface area contributed by atoms with Gasteiger partial charge in [-0.25, -0.2) is 9.59 Å². The normalized spacial score (nSPS) is 14.2. The van der Waals surface area contributed by atoms with Crippen molar-refractivity contribution >= 4 is 64.1 Å². The molecule has 1 fully saturated rings. The first-order valence-corrected chi connectivity index (χ1v) is 11.8. The summed E-state index contributed by atoms with van der Waals surface area (Å²) in [4.78, 5) is 61.2. The number of anilines is 1. The van der Waals surface area contributed by atoms with Crippen LogP contribution in [0.5, 0.6) is 5.75 Å². The molecule has 0 aromatic heterocycles. The molecule has 36 heavy (non-hydrogen) atoms. The Morgan fingerprint density at radius 2 is 1.86 bits per heavy atom. The molecule has 0 radical (unpaired) electrons. The van der Waals surface area contributed by atoms with E-state index >= 15 is 0 Å². The first kappa shape index (κ1) is 26.8. The van der Waals surface area contributed by atoms with Gasteiger partial charge >= 0.3 is 11.9 Å². The minimum atomic E-state index is -1.11. The van der Waals surface area contributed by atoms with Gasteiger partial charge in [0, 0.05) is 5.69 Å². The molecule has 0 spiro atoms. The standard InChI is InChI=1S/C24H21ClN2O8S/c1-2-9-34-23(32)17-11-15(5-8-18(17)25)26-20(28)12-27-22(31)19(36-24(27)33)10-14-3-6-16(7-4-14)35-13-21(29)30/h3-8,10-11H,2,9,12-13H2,1H3,(H,26,28)(H,29,30)/b19-10+. The third-order valence-electron chi connectivity index (χ3n) is 4.62. The maximum atomic E-state index is 12.7. The van der Waals surface area contributed by atoms with Gasteiger partial charge in [-0.1, -0.05) is 30.7 Å².